The number of aromatic nitrogens is 2. The van der Waals surface area contributed by atoms with Gasteiger partial charge in [-0.2, -0.15) is 0 Å². The Morgan fingerprint density at radius 1 is 1.39 bits per heavy atom. The van der Waals surface area contributed by atoms with Crippen molar-refractivity contribution >= 4 is 0 Å². The lowest BCUT2D eigenvalue weighted by Gasteiger charge is -2.24. The van der Waals surface area contributed by atoms with E-state index in [1.807, 2.05) is 0 Å². The number of nitrogens with zero attached hydrogens (tertiary/aromatic N) is 2. The van der Waals surface area contributed by atoms with Gasteiger partial charge in [0.05, 0.1) is 5.69 Å². The summed E-state index contributed by atoms with van der Waals surface area (Å²) in [4.78, 5) is 4.92. The van der Waals surface area contributed by atoms with Crippen LogP contribution < -0.4 is 5.32 Å². The molecule has 1 N–H and O–H groups in total. The van der Waals surface area contributed by atoms with Gasteiger partial charge in [-0.1, -0.05) is 20.3 Å². The zero-order valence-electron chi connectivity index (χ0n) is 11.7. The molecule has 1 saturated carbocycles. The zero-order chi connectivity index (χ0) is 12.5. The number of imidazole rings is 1. The van der Waals surface area contributed by atoms with Crippen LogP contribution in [0.1, 0.15) is 62.8 Å². The first-order chi connectivity index (χ1) is 8.81. The fourth-order valence-electron chi connectivity index (χ4n) is 3.69. The molecule has 0 bridgehead atoms. The number of nitrogens with one attached hydrogen (secondary N) is 1. The second-order valence-electron chi connectivity index (χ2n) is 5.94. The summed E-state index contributed by atoms with van der Waals surface area (Å²) < 4.78 is 2.64. The number of hydrogen-bond acceptors (Lipinski definition) is 2. The van der Waals surface area contributed by atoms with Crippen LogP contribution in [-0.2, 0) is 19.4 Å². The number of hydrogen-bond donors (Lipinski definition) is 1. The molecule has 0 amide bonds. The molecule has 2 unspecified atom stereocenters. The van der Waals surface area contributed by atoms with E-state index < -0.39 is 0 Å². The third kappa shape index (κ3) is 1.99. The Labute approximate surface area is 110 Å². The minimum absolute atomic E-state index is 0.723. The summed E-state index contributed by atoms with van der Waals surface area (Å²) in [5.74, 6) is 2.18. The lowest BCUT2D eigenvalue weighted by atomic mass is 10.0. The van der Waals surface area contributed by atoms with Crippen LogP contribution >= 0.6 is 0 Å². The molecule has 1 aliphatic carbocycles. The van der Waals surface area contributed by atoms with Crippen LogP contribution in [-0.4, -0.2) is 16.1 Å². The van der Waals surface area contributed by atoms with Gasteiger partial charge in [-0.3, -0.25) is 0 Å². The first kappa shape index (κ1) is 12.2. The SMILES string of the molecule is CCCc1nc2c(n1C1CCCC1C)CCNC2. The molecule has 2 atom stereocenters. The van der Waals surface area contributed by atoms with Crippen molar-refractivity contribution in [2.45, 2.75) is 65.0 Å². The molecule has 2 heterocycles. The van der Waals surface area contributed by atoms with Gasteiger partial charge in [-0.15, -0.1) is 0 Å². The molecule has 3 rings (SSSR count). The number of rotatable bonds is 3. The molecule has 1 fully saturated rings. The number of aryl methyl sites for hydroxylation is 1. The molecule has 1 aromatic heterocycles. The van der Waals surface area contributed by atoms with Gasteiger partial charge in [0.15, 0.2) is 0 Å². The van der Waals surface area contributed by atoms with Crippen molar-refractivity contribution in [1.29, 1.82) is 0 Å². The largest absolute Gasteiger partial charge is 0.328 e. The van der Waals surface area contributed by atoms with E-state index in [2.05, 4.69) is 23.7 Å². The zero-order valence-corrected chi connectivity index (χ0v) is 11.7. The Bertz CT molecular complexity index is 422. The first-order valence-corrected chi connectivity index (χ1v) is 7.60. The first-order valence-electron chi connectivity index (χ1n) is 7.60. The van der Waals surface area contributed by atoms with Gasteiger partial charge in [-0.25, -0.2) is 4.98 Å². The van der Waals surface area contributed by atoms with E-state index in [-0.39, 0.29) is 0 Å². The summed E-state index contributed by atoms with van der Waals surface area (Å²) in [5, 5.41) is 3.45. The van der Waals surface area contributed by atoms with Crippen molar-refractivity contribution in [2.24, 2.45) is 5.92 Å². The Kier molecular flexibility index (Phi) is 3.42. The topological polar surface area (TPSA) is 29.9 Å². The molecule has 0 saturated heterocycles. The van der Waals surface area contributed by atoms with Crippen LogP contribution in [0.5, 0.6) is 0 Å². The standard InChI is InChI=1S/C15H25N3/c1-3-5-15-17-12-10-16-9-8-14(12)18(15)13-7-4-6-11(13)2/h11,13,16H,3-10H2,1-2H3. The Balaban J connectivity index is 2.01. The molecule has 0 spiro atoms. The normalized spacial score (nSPS) is 27.4. The van der Waals surface area contributed by atoms with Gasteiger partial charge in [0, 0.05) is 37.7 Å². The second-order valence-corrected chi connectivity index (χ2v) is 5.94. The van der Waals surface area contributed by atoms with E-state index in [1.54, 1.807) is 0 Å². The maximum absolute atomic E-state index is 4.92. The minimum Gasteiger partial charge on any atom is -0.328 e. The van der Waals surface area contributed by atoms with Gasteiger partial charge in [0.25, 0.3) is 0 Å². The molecular weight excluding hydrogens is 222 g/mol. The summed E-state index contributed by atoms with van der Waals surface area (Å²) in [6.45, 7) is 6.76. The lowest BCUT2D eigenvalue weighted by Crippen LogP contribution is -2.26. The monoisotopic (exact) mass is 247 g/mol. The maximum Gasteiger partial charge on any atom is 0.109 e. The summed E-state index contributed by atoms with van der Waals surface area (Å²) in [5.41, 5.74) is 2.86. The summed E-state index contributed by atoms with van der Waals surface area (Å²) in [7, 11) is 0. The molecular formula is C15H25N3. The summed E-state index contributed by atoms with van der Waals surface area (Å²) in [6, 6.07) is 0.723. The predicted octanol–water partition coefficient (Wildman–Crippen LogP) is 2.84. The van der Waals surface area contributed by atoms with Crippen LogP contribution in [0.2, 0.25) is 0 Å². The summed E-state index contributed by atoms with van der Waals surface area (Å²) in [6.07, 6.45) is 7.63. The van der Waals surface area contributed by atoms with Crippen LogP contribution in [0.15, 0.2) is 0 Å². The smallest absolute Gasteiger partial charge is 0.109 e. The Morgan fingerprint density at radius 2 is 2.28 bits per heavy atom. The Morgan fingerprint density at radius 3 is 3.00 bits per heavy atom. The van der Waals surface area contributed by atoms with Gasteiger partial charge in [0.2, 0.25) is 0 Å². The average Bonchev–Trinajstić information content (AvgIpc) is 2.93. The van der Waals surface area contributed by atoms with Crippen LogP contribution in [0.25, 0.3) is 0 Å². The fraction of sp³-hybridized carbons (Fsp3) is 0.800. The molecule has 0 radical (unpaired) electrons. The van der Waals surface area contributed by atoms with Gasteiger partial charge < -0.3 is 9.88 Å². The van der Waals surface area contributed by atoms with Crippen LogP contribution in [0, 0.1) is 5.92 Å². The maximum atomic E-state index is 4.92. The van der Waals surface area contributed by atoms with Crippen LogP contribution in [0.4, 0.5) is 0 Å². The van der Waals surface area contributed by atoms with Crippen molar-refractivity contribution in [2.75, 3.05) is 6.54 Å². The molecule has 18 heavy (non-hydrogen) atoms. The van der Waals surface area contributed by atoms with Crippen molar-refractivity contribution in [3.8, 4) is 0 Å². The van der Waals surface area contributed by atoms with Crippen molar-refractivity contribution < 1.29 is 0 Å². The van der Waals surface area contributed by atoms with Gasteiger partial charge in [0.1, 0.15) is 5.82 Å². The van der Waals surface area contributed by atoms with E-state index >= 15 is 0 Å². The molecule has 1 aromatic rings. The van der Waals surface area contributed by atoms with Gasteiger partial charge in [-0.05, 0) is 25.2 Å². The molecule has 0 aromatic carbocycles. The Hall–Kier alpha value is -0.830. The molecule has 1 aliphatic heterocycles. The van der Waals surface area contributed by atoms with E-state index in [4.69, 9.17) is 4.98 Å². The second kappa shape index (κ2) is 5.04. The molecule has 2 aliphatic rings. The molecule has 3 nitrogen and oxygen atoms in total. The van der Waals surface area contributed by atoms with Crippen LogP contribution in [0.3, 0.4) is 0 Å². The highest BCUT2D eigenvalue weighted by atomic mass is 15.1. The average molecular weight is 247 g/mol. The van der Waals surface area contributed by atoms with E-state index in [9.17, 15) is 0 Å². The van der Waals surface area contributed by atoms with Crippen molar-refractivity contribution in [3.05, 3.63) is 17.2 Å². The van der Waals surface area contributed by atoms with Gasteiger partial charge >= 0.3 is 0 Å². The minimum atomic E-state index is 0.723. The predicted molar refractivity (Wildman–Crippen MR) is 73.7 cm³/mol. The third-order valence-corrected chi connectivity index (χ3v) is 4.62. The highest BCUT2D eigenvalue weighted by molar-refractivity contribution is 5.22. The lowest BCUT2D eigenvalue weighted by molar-refractivity contribution is 0.382. The number of fused-ring (bicyclic) bond motifs is 1. The molecule has 3 heteroatoms. The molecule has 100 valence electrons. The van der Waals surface area contributed by atoms with Crippen molar-refractivity contribution in [3.63, 3.8) is 0 Å². The quantitative estimate of drug-likeness (QED) is 0.890. The van der Waals surface area contributed by atoms with E-state index in [0.29, 0.717) is 0 Å². The third-order valence-electron chi connectivity index (χ3n) is 4.62. The highest BCUT2D eigenvalue weighted by Crippen LogP contribution is 2.38. The van der Waals surface area contributed by atoms with E-state index in [0.717, 1.165) is 37.9 Å². The fourth-order valence-corrected chi connectivity index (χ4v) is 3.69. The van der Waals surface area contributed by atoms with E-state index in [1.165, 1.54) is 42.9 Å². The summed E-state index contributed by atoms with van der Waals surface area (Å²) >= 11 is 0. The highest BCUT2D eigenvalue weighted by Gasteiger charge is 2.30. The van der Waals surface area contributed by atoms with Crippen molar-refractivity contribution in [1.82, 2.24) is 14.9 Å².